The molecule has 0 atom stereocenters. The highest BCUT2D eigenvalue weighted by molar-refractivity contribution is 7.88. The van der Waals surface area contributed by atoms with Gasteiger partial charge in [0.2, 0.25) is 10.0 Å². The van der Waals surface area contributed by atoms with Gasteiger partial charge < -0.3 is 9.47 Å². The largest absolute Gasteiger partial charge is 0.493 e. The van der Waals surface area contributed by atoms with Crippen molar-refractivity contribution in [2.24, 2.45) is 5.41 Å². The van der Waals surface area contributed by atoms with Crippen molar-refractivity contribution >= 4 is 54.6 Å². The van der Waals surface area contributed by atoms with Crippen LogP contribution in [0.5, 0.6) is 11.5 Å². The molecule has 0 spiro atoms. The molecule has 6 nitrogen and oxygen atoms in total. The van der Waals surface area contributed by atoms with Crippen molar-refractivity contribution < 1.29 is 17.9 Å². The molecule has 0 aliphatic heterocycles. The fourth-order valence-corrected chi connectivity index (χ4v) is 7.68. The Morgan fingerprint density at radius 1 is 1.21 bits per heavy atom. The summed E-state index contributed by atoms with van der Waals surface area (Å²) in [6.07, 6.45) is 3.68. The van der Waals surface area contributed by atoms with E-state index in [1.165, 1.54) is 6.26 Å². The van der Waals surface area contributed by atoms with Gasteiger partial charge in [-0.25, -0.2) is 13.1 Å². The van der Waals surface area contributed by atoms with Crippen molar-refractivity contribution in [3.05, 3.63) is 46.3 Å². The van der Waals surface area contributed by atoms with Crippen molar-refractivity contribution in [2.75, 3.05) is 25.3 Å². The number of hydrogen-bond donors (Lipinski definition) is 1. The molecule has 10 heteroatoms. The Morgan fingerprint density at radius 2 is 1.97 bits per heavy atom. The molecule has 3 aliphatic carbocycles. The summed E-state index contributed by atoms with van der Waals surface area (Å²) in [6, 6.07) is 11.7. The van der Waals surface area contributed by atoms with Crippen LogP contribution in [-0.4, -0.2) is 39.3 Å². The van der Waals surface area contributed by atoms with Gasteiger partial charge in [0.25, 0.3) is 0 Å². The number of rotatable bonds is 9. The average Bonchev–Trinajstić information content (AvgIpc) is 3.15. The molecule has 0 radical (unpaired) electrons. The number of nitrogens with zero attached hydrogens (tertiary/aromatic N) is 1. The molecule has 0 unspecified atom stereocenters. The molecule has 34 heavy (non-hydrogen) atoms. The number of alkyl halides is 1. The van der Waals surface area contributed by atoms with E-state index in [0.717, 1.165) is 46.2 Å². The van der Waals surface area contributed by atoms with E-state index < -0.39 is 10.0 Å². The zero-order chi connectivity index (χ0) is 24.1. The summed E-state index contributed by atoms with van der Waals surface area (Å²) in [5, 5.41) is 13.0. The Kier molecular flexibility index (Phi) is 5.98. The van der Waals surface area contributed by atoms with Crippen molar-refractivity contribution in [1.82, 2.24) is 4.72 Å². The predicted octanol–water partition coefficient (Wildman–Crippen LogP) is 5.56. The maximum absolute atomic E-state index is 11.5. The van der Waals surface area contributed by atoms with Crippen LogP contribution in [0.1, 0.15) is 24.8 Å². The first-order chi connectivity index (χ1) is 16.1. The Balaban J connectivity index is 1.31. The van der Waals surface area contributed by atoms with Crippen LogP contribution in [0.4, 0.5) is 0 Å². The summed E-state index contributed by atoms with van der Waals surface area (Å²) in [7, 11) is -3.19. The van der Waals surface area contributed by atoms with Gasteiger partial charge in [-0.3, -0.25) is 0 Å². The van der Waals surface area contributed by atoms with Crippen molar-refractivity contribution in [3.8, 4) is 28.7 Å². The van der Waals surface area contributed by atoms with Crippen LogP contribution in [0.2, 0.25) is 5.02 Å². The standard InChI is InChI=1S/C24H22Cl2N2O4S2/c1-34(29,30)28-24-11-23(12-24,13-24)14-32-17-2-3-18-19(10-33-21(18)8-17)15-6-16(9-27)22(20(26)7-15)31-5-4-25/h2-3,6-8,10,28H,4-5,11-14H2,1H3. The highest BCUT2D eigenvalue weighted by Gasteiger charge is 2.69. The summed E-state index contributed by atoms with van der Waals surface area (Å²) >= 11 is 13.7. The molecule has 6 rings (SSSR count). The van der Waals surface area contributed by atoms with Crippen LogP contribution in [0, 0.1) is 16.7 Å². The second kappa shape index (κ2) is 8.58. The molecular weight excluding hydrogens is 515 g/mol. The molecule has 0 saturated heterocycles. The van der Waals surface area contributed by atoms with Crippen molar-refractivity contribution in [2.45, 2.75) is 24.8 Å². The van der Waals surface area contributed by atoms with Gasteiger partial charge in [0.05, 0.1) is 29.3 Å². The number of halogens is 2. The number of nitriles is 1. The first kappa shape index (κ1) is 23.7. The summed E-state index contributed by atoms with van der Waals surface area (Å²) in [4.78, 5) is 0. The molecule has 1 aromatic heterocycles. The van der Waals surface area contributed by atoms with Gasteiger partial charge >= 0.3 is 0 Å². The highest BCUT2D eigenvalue weighted by Crippen LogP contribution is 2.67. The number of nitrogens with one attached hydrogen (secondary N) is 1. The minimum Gasteiger partial charge on any atom is -0.493 e. The minimum absolute atomic E-state index is 0.0744. The first-order valence-corrected chi connectivity index (χ1v) is 14.4. The molecule has 0 amide bonds. The average molecular weight is 537 g/mol. The van der Waals surface area contributed by atoms with Crippen LogP contribution >= 0.6 is 34.5 Å². The van der Waals surface area contributed by atoms with Gasteiger partial charge in [0, 0.05) is 26.6 Å². The number of benzene rings is 2. The van der Waals surface area contributed by atoms with Crippen LogP contribution in [0.3, 0.4) is 0 Å². The van der Waals surface area contributed by atoms with E-state index in [2.05, 4.69) is 10.8 Å². The molecule has 2 aromatic carbocycles. The normalized spacial score (nSPS) is 23.1. The van der Waals surface area contributed by atoms with Crippen LogP contribution in [0.15, 0.2) is 35.7 Å². The lowest BCUT2D eigenvalue weighted by Crippen LogP contribution is -2.76. The van der Waals surface area contributed by atoms with Gasteiger partial charge in [0.1, 0.15) is 18.4 Å². The fourth-order valence-electron chi connectivity index (χ4n) is 5.33. The van der Waals surface area contributed by atoms with Crippen LogP contribution in [0.25, 0.3) is 21.2 Å². The van der Waals surface area contributed by atoms with E-state index in [0.29, 0.717) is 28.8 Å². The minimum atomic E-state index is -3.19. The molecule has 3 aromatic rings. The third-order valence-electron chi connectivity index (χ3n) is 6.43. The Hall–Kier alpha value is -2.02. The van der Waals surface area contributed by atoms with E-state index in [1.54, 1.807) is 23.5 Å². The summed E-state index contributed by atoms with van der Waals surface area (Å²) in [5.41, 5.74) is 2.02. The maximum atomic E-state index is 11.5. The molecule has 3 aliphatic rings. The monoisotopic (exact) mass is 536 g/mol. The summed E-state index contributed by atoms with van der Waals surface area (Å²) < 4.78 is 38.5. The second-order valence-corrected chi connectivity index (χ2v) is 12.7. The topological polar surface area (TPSA) is 88.4 Å². The third-order valence-corrected chi connectivity index (χ3v) is 8.62. The number of sulfonamides is 1. The van der Waals surface area contributed by atoms with Crippen molar-refractivity contribution in [1.29, 1.82) is 5.26 Å². The zero-order valence-electron chi connectivity index (χ0n) is 18.4. The molecule has 2 bridgehead atoms. The van der Waals surface area contributed by atoms with Gasteiger partial charge in [-0.1, -0.05) is 11.6 Å². The third kappa shape index (κ3) is 4.36. The van der Waals surface area contributed by atoms with Gasteiger partial charge in [0.15, 0.2) is 5.75 Å². The molecule has 1 N–H and O–H groups in total. The molecular formula is C24H22Cl2N2O4S2. The lowest BCUT2D eigenvalue weighted by Gasteiger charge is -2.69. The Labute approximate surface area is 212 Å². The fraction of sp³-hybridized carbons (Fsp3) is 0.375. The SMILES string of the molecule is CS(=O)(=O)NC12CC(COc3ccc4c(-c5cc(Cl)c(OCCCl)c(C#N)c5)csc4c3)(C1)C2. The van der Waals surface area contributed by atoms with Crippen LogP contribution in [-0.2, 0) is 10.0 Å². The predicted molar refractivity (Wildman–Crippen MR) is 136 cm³/mol. The Morgan fingerprint density at radius 3 is 2.65 bits per heavy atom. The quantitative estimate of drug-likeness (QED) is 0.361. The molecule has 1 heterocycles. The first-order valence-electron chi connectivity index (χ1n) is 10.7. The molecule has 178 valence electrons. The van der Waals surface area contributed by atoms with Crippen LogP contribution < -0.4 is 14.2 Å². The molecule has 3 saturated carbocycles. The smallest absolute Gasteiger partial charge is 0.209 e. The highest BCUT2D eigenvalue weighted by atomic mass is 35.5. The van der Waals surface area contributed by atoms with Crippen molar-refractivity contribution in [3.63, 3.8) is 0 Å². The van der Waals surface area contributed by atoms with Gasteiger partial charge in [-0.2, -0.15) is 5.26 Å². The van der Waals surface area contributed by atoms with E-state index in [1.807, 2.05) is 23.6 Å². The van der Waals surface area contributed by atoms with Gasteiger partial charge in [-0.15, -0.1) is 22.9 Å². The summed E-state index contributed by atoms with van der Waals surface area (Å²) in [5.74, 6) is 1.45. The zero-order valence-corrected chi connectivity index (χ0v) is 21.5. The van der Waals surface area contributed by atoms with E-state index in [9.17, 15) is 13.7 Å². The Bertz CT molecular complexity index is 1410. The summed E-state index contributed by atoms with van der Waals surface area (Å²) in [6.45, 7) is 0.852. The van der Waals surface area contributed by atoms with E-state index in [4.69, 9.17) is 32.7 Å². The van der Waals surface area contributed by atoms with E-state index >= 15 is 0 Å². The number of hydrogen-bond acceptors (Lipinski definition) is 6. The van der Waals surface area contributed by atoms with Gasteiger partial charge in [-0.05, 0) is 60.5 Å². The van der Waals surface area contributed by atoms with E-state index in [-0.39, 0.29) is 17.6 Å². The maximum Gasteiger partial charge on any atom is 0.209 e. The lowest BCUT2D eigenvalue weighted by atomic mass is 9.40. The molecule has 3 fully saturated rings. The lowest BCUT2D eigenvalue weighted by molar-refractivity contribution is -0.162. The second-order valence-electron chi connectivity index (χ2n) is 9.26. The number of ether oxygens (including phenoxy) is 2. The number of thiophene rings is 1. The number of fused-ring (bicyclic) bond motifs is 1.